The lowest BCUT2D eigenvalue weighted by Gasteiger charge is -2.41. The smallest absolute Gasteiger partial charge is 0.315 e. The summed E-state index contributed by atoms with van der Waals surface area (Å²) in [6.45, 7) is 6.83. The zero-order chi connectivity index (χ0) is 19.7. The predicted molar refractivity (Wildman–Crippen MR) is 116 cm³/mol. The average molecular weight is 389 g/mol. The standard InChI is InChI=1S/C24H24N2OS/c1-24(2,3)25(17-18-11-5-4-6-12-18)23(27)26-19-13-7-9-15-21(19)28-22-16-10-8-14-20(22)26/h4-16H,17H2,1-3H3. The van der Waals surface area contributed by atoms with E-state index in [1.807, 2.05) is 64.4 Å². The first-order chi connectivity index (χ1) is 13.4. The molecule has 0 saturated carbocycles. The molecule has 2 amide bonds. The number of anilines is 2. The Hall–Kier alpha value is -2.72. The van der Waals surface area contributed by atoms with Crippen molar-refractivity contribution in [3.63, 3.8) is 0 Å². The molecule has 3 aromatic rings. The van der Waals surface area contributed by atoms with E-state index in [2.05, 4.69) is 45.0 Å². The summed E-state index contributed by atoms with van der Waals surface area (Å²) >= 11 is 1.71. The normalized spacial score (nSPS) is 12.9. The number of benzene rings is 3. The van der Waals surface area contributed by atoms with E-state index in [9.17, 15) is 4.79 Å². The number of nitrogens with zero attached hydrogens (tertiary/aromatic N) is 2. The van der Waals surface area contributed by atoms with Gasteiger partial charge in [-0.15, -0.1) is 0 Å². The van der Waals surface area contributed by atoms with Gasteiger partial charge in [-0.05, 0) is 50.6 Å². The average Bonchev–Trinajstić information content (AvgIpc) is 2.69. The Balaban J connectivity index is 1.79. The number of amides is 2. The summed E-state index contributed by atoms with van der Waals surface area (Å²) in [6.07, 6.45) is 0. The molecule has 4 rings (SSSR count). The summed E-state index contributed by atoms with van der Waals surface area (Å²) < 4.78 is 0. The van der Waals surface area contributed by atoms with Crippen LogP contribution in [-0.4, -0.2) is 16.5 Å². The molecule has 28 heavy (non-hydrogen) atoms. The van der Waals surface area contributed by atoms with Crippen molar-refractivity contribution < 1.29 is 4.79 Å². The third-order valence-corrected chi connectivity index (χ3v) is 5.98. The van der Waals surface area contributed by atoms with Crippen LogP contribution < -0.4 is 4.90 Å². The van der Waals surface area contributed by atoms with Gasteiger partial charge in [0.15, 0.2) is 0 Å². The van der Waals surface area contributed by atoms with E-state index in [4.69, 9.17) is 0 Å². The number of fused-ring (bicyclic) bond motifs is 2. The van der Waals surface area contributed by atoms with Crippen LogP contribution in [0.15, 0.2) is 88.7 Å². The Morgan fingerprint density at radius 3 is 1.86 bits per heavy atom. The summed E-state index contributed by atoms with van der Waals surface area (Å²) in [5.74, 6) is 0. The molecule has 0 fully saturated rings. The van der Waals surface area contributed by atoms with Crippen LogP contribution in [0.25, 0.3) is 0 Å². The second-order valence-corrected chi connectivity index (χ2v) is 8.98. The molecular weight excluding hydrogens is 364 g/mol. The molecule has 1 aliphatic heterocycles. The van der Waals surface area contributed by atoms with Gasteiger partial charge in [0.05, 0.1) is 11.4 Å². The molecule has 3 nitrogen and oxygen atoms in total. The fourth-order valence-electron chi connectivity index (χ4n) is 3.39. The highest BCUT2D eigenvalue weighted by molar-refractivity contribution is 7.99. The van der Waals surface area contributed by atoms with Crippen LogP contribution in [0.3, 0.4) is 0 Å². The third kappa shape index (κ3) is 3.52. The van der Waals surface area contributed by atoms with Crippen LogP contribution in [0.5, 0.6) is 0 Å². The van der Waals surface area contributed by atoms with Crippen LogP contribution in [0.1, 0.15) is 26.3 Å². The van der Waals surface area contributed by atoms with Gasteiger partial charge in [-0.2, -0.15) is 0 Å². The highest BCUT2D eigenvalue weighted by Gasteiger charge is 2.35. The lowest BCUT2D eigenvalue weighted by Crippen LogP contribution is -2.50. The molecule has 0 aromatic heterocycles. The number of hydrogen-bond acceptors (Lipinski definition) is 2. The van der Waals surface area contributed by atoms with Crippen LogP contribution in [0.2, 0.25) is 0 Å². The topological polar surface area (TPSA) is 23.6 Å². The van der Waals surface area contributed by atoms with Crippen molar-refractivity contribution >= 4 is 29.2 Å². The van der Waals surface area contributed by atoms with E-state index in [0.29, 0.717) is 6.54 Å². The molecular formula is C24H24N2OS. The molecule has 3 aromatic carbocycles. The zero-order valence-electron chi connectivity index (χ0n) is 16.4. The maximum Gasteiger partial charge on any atom is 0.329 e. The molecule has 0 N–H and O–H groups in total. The molecule has 0 radical (unpaired) electrons. The van der Waals surface area contributed by atoms with Gasteiger partial charge < -0.3 is 4.90 Å². The first-order valence-corrected chi connectivity index (χ1v) is 10.3. The van der Waals surface area contributed by atoms with Crippen molar-refractivity contribution in [2.24, 2.45) is 0 Å². The lowest BCUT2D eigenvalue weighted by atomic mass is 10.0. The minimum absolute atomic E-state index is 0.00319. The number of rotatable bonds is 2. The molecule has 0 bridgehead atoms. The van der Waals surface area contributed by atoms with Crippen molar-refractivity contribution in [1.82, 2.24) is 4.90 Å². The fourth-order valence-corrected chi connectivity index (χ4v) is 4.45. The van der Waals surface area contributed by atoms with Gasteiger partial charge >= 0.3 is 6.03 Å². The van der Waals surface area contributed by atoms with Gasteiger partial charge in [-0.25, -0.2) is 4.79 Å². The second kappa shape index (κ2) is 7.36. The van der Waals surface area contributed by atoms with Gasteiger partial charge in [0.25, 0.3) is 0 Å². The Bertz CT molecular complexity index is 949. The van der Waals surface area contributed by atoms with E-state index in [1.54, 1.807) is 11.8 Å². The summed E-state index contributed by atoms with van der Waals surface area (Å²) in [5, 5.41) is 0. The van der Waals surface area contributed by atoms with Gasteiger partial charge in [0.2, 0.25) is 0 Å². The number of carbonyl (C=O) groups excluding carboxylic acids is 1. The van der Waals surface area contributed by atoms with E-state index >= 15 is 0 Å². The Morgan fingerprint density at radius 2 is 1.32 bits per heavy atom. The highest BCUT2D eigenvalue weighted by atomic mass is 32.2. The maximum absolute atomic E-state index is 13.9. The third-order valence-electron chi connectivity index (χ3n) is 4.85. The van der Waals surface area contributed by atoms with Crippen molar-refractivity contribution in [3.05, 3.63) is 84.4 Å². The molecule has 0 saturated heterocycles. The first kappa shape index (κ1) is 18.6. The highest BCUT2D eigenvalue weighted by Crippen LogP contribution is 2.48. The van der Waals surface area contributed by atoms with Crippen molar-refractivity contribution in [2.75, 3.05) is 4.90 Å². The molecule has 1 aliphatic rings. The minimum atomic E-state index is -0.318. The van der Waals surface area contributed by atoms with Gasteiger partial charge in [-0.1, -0.05) is 66.4 Å². The minimum Gasteiger partial charge on any atom is -0.315 e. The molecule has 4 heteroatoms. The van der Waals surface area contributed by atoms with Gasteiger partial charge in [0.1, 0.15) is 0 Å². The molecule has 0 spiro atoms. The SMILES string of the molecule is CC(C)(C)N(Cc1ccccc1)C(=O)N1c2ccccc2Sc2ccccc21. The van der Waals surface area contributed by atoms with E-state index in [1.165, 1.54) is 0 Å². The zero-order valence-corrected chi connectivity index (χ0v) is 17.2. The van der Waals surface area contributed by atoms with Crippen LogP contribution in [0.4, 0.5) is 16.2 Å². The molecule has 1 heterocycles. The van der Waals surface area contributed by atoms with Crippen LogP contribution >= 0.6 is 11.8 Å². The van der Waals surface area contributed by atoms with Gasteiger partial charge in [-0.3, -0.25) is 4.90 Å². The Morgan fingerprint density at radius 1 is 0.821 bits per heavy atom. The molecule has 0 atom stereocenters. The largest absolute Gasteiger partial charge is 0.329 e. The first-order valence-electron chi connectivity index (χ1n) is 9.47. The Kier molecular flexibility index (Phi) is 4.90. The Labute approximate surface area is 171 Å². The van der Waals surface area contributed by atoms with Crippen LogP contribution in [-0.2, 0) is 6.54 Å². The number of para-hydroxylation sites is 2. The molecule has 0 unspecified atom stereocenters. The van der Waals surface area contributed by atoms with Crippen molar-refractivity contribution in [3.8, 4) is 0 Å². The van der Waals surface area contributed by atoms with E-state index in [-0.39, 0.29) is 11.6 Å². The van der Waals surface area contributed by atoms with E-state index < -0.39 is 0 Å². The summed E-state index contributed by atoms with van der Waals surface area (Å²) in [4.78, 5) is 19.9. The van der Waals surface area contributed by atoms with Crippen molar-refractivity contribution in [2.45, 2.75) is 42.6 Å². The van der Waals surface area contributed by atoms with Gasteiger partial charge in [0, 0.05) is 21.9 Å². The second-order valence-electron chi connectivity index (χ2n) is 7.90. The number of urea groups is 1. The molecule has 0 aliphatic carbocycles. The predicted octanol–water partition coefficient (Wildman–Crippen LogP) is 6.71. The quantitative estimate of drug-likeness (QED) is 0.487. The lowest BCUT2D eigenvalue weighted by molar-refractivity contribution is 0.147. The van der Waals surface area contributed by atoms with Crippen molar-refractivity contribution in [1.29, 1.82) is 0 Å². The summed E-state index contributed by atoms with van der Waals surface area (Å²) in [6, 6.07) is 26.4. The van der Waals surface area contributed by atoms with E-state index in [0.717, 1.165) is 26.7 Å². The van der Waals surface area contributed by atoms with Crippen LogP contribution in [0, 0.1) is 0 Å². The monoisotopic (exact) mass is 388 g/mol. The molecule has 142 valence electrons. The fraction of sp³-hybridized carbons (Fsp3) is 0.208. The summed E-state index contributed by atoms with van der Waals surface area (Å²) in [5.41, 5.74) is 2.69. The maximum atomic E-state index is 13.9. The number of carbonyl (C=O) groups is 1. The number of hydrogen-bond donors (Lipinski definition) is 0. The summed E-state index contributed by atoms with van der Waals surface area (Å²) in [7, 11) is 0.